The Morgan fingerprint density at radius 3 is 2.00 bits per heavy atom. The Labute approximate surface area is 103 Å². The van der Waals surface area contributed by atoms with Crippen LogP contribution in [0.4, 0.5) is 0 Å². The zero-order valence-electron chi connectivity index (χ0n) is 11.2. The molecule has 1 rings (SSSR count). The largest absolute Gasteiger partial charge is 0.469 e. The van der Waals surface area contributed by atoms with E-state index < -0.39 is 0 Å². The average Bonchev–Trinajstić information content (AvgIpc) is 2.39. The Hall–Kier alpha value is -1.32. The Morgan fingerprint density at radius 1 is 1.06 bits per heavy atom. The standard InChI is InChI=1S/C11H16O4.C2H6/c1-7-6-8(10(12)14-2)4-5-9(7)11(13)15-3;1-2/h4-5,7-9H,6H2,1-3H3;1-2H3. The lowest BCUT2D eigenvalue weighted by Gasteiger charge is -2.25. The molecule has 0 aromatic rings. The van der Waals surface area contributed by atoms with Crippen molar-refractivity contribution in [3.05, 3.63) is 12.2 Å². The first-order chi connectivity index (χ1) is 8.10. The fourth-order valence-corrected chi connectivity index (χ4v) is 1.84. The van der Waals surface area contributed by atoms with Gasteiger partial charge in [0.25, 0.3) is 0 Å². The zero-order valence-corrected chi connectivity index (χ0v) is 11.2. The minimum atomic E-state index is -0.249. The predicted octanol–water partition coefficient (Wildman–Crippen LogP) is 2.19. The minimum Gasteiger partial charge on any atom is -0.469 e. The van der Waals surface area contributed by atoms with Crippen LogP contribution in [-0.4, -0.2) is 26.2 Å². The maximum Gasteiger partial charge on any atom is 0.312 e. The summed E-state index contributed by atoms with van der Waals surface area (Å²) in [5.74, 6) is -0.864. The second-order valence-corrected chi connectivity index (χ2v) is 3.78. The van der Waals surface area contributed by atoms with Gasteiger partial charge in [-0.2, -0.15) is 0 Å². The van der Waals surface area contributed by atoms with E-state index in [0.717, 1.165) is 0 Å². The van der Waals surface area contributed by atoms with E-state index in [9.17, 15) is 9.59 Å². The third-order valence-corrected chi connectivity index (χ3v) is 2.77. The number of ether oxygens (including phenoxy) is 2. The van der Waals surface area contributed by atoms with Gasteiger partial charge in [0.15, 0.2) is 0 Å². The van der Waals surface area contributed by atoms with Gasteiger partial charge >= 0.3 is 11.9 Å². The highest BCUT2D eigenvalue weighted by atomic mass is 16.5. The molecular weight excluding hydrogens is 220 g/mol. The third kappa shape index (κ3) is 4.21. The molecule has 4 nitrogen and oxygen atoms in total. The van der Waals surface area contributed by atoms with Crippen LogP contribution >= 0.6 is 0 Å². The normalized spacial score (nSPS) is 26.5. The molecule has 17 heavy (non-hydrogen) atoms. The lowest BCUT2D eigenvalue weighted by molar-refractivity contribution is -0.148. The summed E-state index contributed by atoms with van der Waals surface area (Å²) in [4.78, 5) is 22.6. The molecule has 0 aromatic carbocycles. The monoisotopic (exact) mass is 242 g/mol. The van der Waals surface area contributed by atoms with Crippen molar-refractivity contribution in [2.45, 2.75) is 27.2 Å². The second kappa shape index (κ2) is 7.87. The highest BCUT2D eigenvalue weighted by Crippen LogP contribution is 2.29. The van der Waals surface area contributed by atoms with Crippen LogP contribution in [0, 0.1) is 17.8 Å². The van der Waals surface area contributed by atoms with E-state index in [1.165, 1.54) is 14.2 Å². The van der Waals surface area contributed by atoms with E-state index in [1.807, 2.05) is 20.8 Å². The summed E-state index contributed by atoms with van der Waals surface area (Å²) in [6.45, 7) is 5.93. The Bertz CT molecular complexity index is 283. The Balaban J connectivity index is 0.00000121. The van der Waals surface area contributed by atoms with Gasteiger partial charge in [-0.3, -0.25) is 9.59 Å². The first-order valence-electron chi connectivity index (χ1n) is 5.94. The molecule has 3 unspecified atom stereocenters. The summed E-state index contributed by atoms with van der Waals surface area (Å²) in [6.07, 6.45) is 4.10. The van der Waals surface area contributed by atoms with Crippen molar-refractivity contribution in [2.24, 2.45) is 17.8 Å². The smallest absolute Gasteiger partial charge is 0.312 e. The number of esters is 2. The van der Waals surface area contributed by atoms with Crippen molar-refractivity contribution in [3.8, 4) is 0 Å². The summed E-state index contributed by atoms with van der Waals surface area (Å²) in [5.41, 5.74) is 0. The van der Waals surface area contributed by atoms with E-state index in [0.29, 0.717) is 6.42 Å². The number of methoxy groups -OCH3 is 2. The molecule has 0 radical (unpaired) electrons. The number of hydrogen-bond donors (Lipinski definition) is 0. The van der Waals surface area contributed by atoms with Crippen molar-refractivity contribution in [3.63, 3.8) is 0 Å². The van der Waals surface area contributed by atoms with Gasteiger partial charge in [0.2, 0.25) is 0 Å². The van der Waals surface area contributed by atoms with Crippen molar-refractivity contribution in [2.75, 3.05) is 14.2 Å². The van der Waals surface area contributed by atoms with Gasteiger partial charge in [0, 0.05) is 0 Å². The molecule has 0 fully saturated rings. The molecule has 0 heterocycles. The van der Waals surface area contributed by atoms with Gasteiger partial charge in [0.1, 0.15) is 0 Å². The van der Waals surface area contributed by atoms with E-state index in [-0.39, 0.29) is 29.7 Å². The number of rotatable bonds is 2. The molecule has 1 aliphatic rings. The van der Waals surface area contributed by atoms with Crippen LogP contribution in [0.15, 0.2) is 12.2 Å². The zero-order chi connectivity index (χ0) is 13.4. The molecule has 0 bridgehead atoms. The topological polar surface area (TPSA) is 52.6 Å². The maximum absolute atomic E-state index is 11.3. The lowest BCUT2D eigenvalue weighted by Crippen LogP contribution is -2.29. The van der Waals surface area contributed by atoms with E-state index in [4.69, 9.17) is 0 Å². The van der Waals surface area contributed by atoms with Gasteiger partial charge in [-0.25, -0.2) is 0 Å². The van der Waals surface area contributed by atoms with Gasteiger partial charge < -0.3 is 9.47 Å². The Kier molecular flexibility index (Phi) is 7.26. The maximum atomic E-state index is 11.3. The minimum absolute atomic E-state index is 0.103. The van der Waals surface area contributed by atoms with Crippen LogP contribution in [-0.2, 0) is 19.1 Å². The molecular formula is C13H22O4. The van der Waals surface area contributed by atoms with Gasteiger partial charge in [0.05, 0.1) is 26.1 Å². The molecule has 3 atom stereocenters. The van der Waals surface area contributed by atoms with Crippen LogP contribution in [0.5, 0.6) is 0 Å². The fraction of sp³-hybridized carbons (Fsp3) is 0.692. The van der Waals surface area contributed by atoms with Crippen LogP contribution in [0.25, 0.3) is 0 Å². The molecule has 98 valence electrons. The third-order valence-electron chi connectivity index (χ3n) is 2.77. The number of carbonyl (C=O) groups excluding carboxylic acids is 2. The molecule has 0 N–H and O–H groups in total. The van der Waals surface area contributed by atoms with Crippen LogP contribution in [0.2, 0.25) is 0 Å². The van der Waals surface area contributed by atoms with Crippen molar-refractivity contribution in [1.29, 1.82) is 0 Å². The van der Waals surface area contributed by atoms with Gasteiger partial charge in [-0.05, 0) is 12.3 Å². The molecule has 0 spiro atoms. The molecule has 0 saturated carbocycles. The summed E-state index contributed by atoms with van der Waals surface area (Å²) in [6, 6.07) is 0. The molecule has 1 aliphatic carbocycles. The van der Waals surface area contributed by atoms with Crippen LogP contribution < -0.4 is 0 Å². The summed E-state index contributed by atoms with van der Waals surface area (Å²) < 4.78 is 9.33. The molecule has 0 aliphatic heterocycles. The summed E-state index contributed by atoms with van der Waals surface area (Å²) in [5, 5.41) is 0. The quantitative estimate of drug-likeness (QED) is 0.550. The van der Waals surface area contributed by atoms with E-state index >= 15 is 0 Å². The summed E-state index contributed by atoms with van der Waals surface area (Å²) >= 11 is 0. The van der Waals surface area contributed by atoms with Gasteiger partial charge in [-0.1, -0.05) is 32.9 Å². The van der Waals surface area contributed by atoms with Crippen LogP contribution in [0.1, 0.15) is 27.2 Å². The molecule has 0 amide bonds. The first-order valence-corrected chi connectivity index (χ1v) is 5.94. The highest BCUT2D eigenvalue weighted by molar-refractivity contribution is 5.78. The summed E-state index contributed by atoms with van der Waals surface area (Å²) in [7, 11) is 2.74. The lowest BCUT2D eigenvalue weighted by atomic mass is 9.80. The first kappa shape index (κ1) is 15.7. The van der Waals surface area contributed by atoms with Crippen LogP contribution in [0.3, 0.4) is 0 Å². The average molecular weight is 242 g/mol. The predicted molar refractivity (Wildman–Crippen MR) is 65.3 cm³/mol. The molecule has 0 aromatic heterocycles. The number of hydrogen-bond acceptors (Lipinski definition) is 4. The SMILES string of the molecule is CC.COC(=O)C1C=CC(C(=O)OC)C(C)C1. The van der Waals surface area contributed by atoms with E-state index in [1.54, 1.807) is 12.2 Å². The molecule has 4 heteroatoms. The van der Waals surface area contributed by atoms with Crippen molar-refractivity contribution in [1.82, 2.24) is 0 Å². The van der Waals surface area contributed by atoms with Gasteiger partial charge in [-0.15, -0.1) is 0 Å². The number of carbonyl (C=O) groups is 2. The van der Waals surface area contributed by atoms with Crippen molar-refractivity contribution < 1.29 is 19.1 Å². The highest BCUT2D eigenvalue weighted by Gasteiger charge is 2.32. The Morgan fingerprint density at radius 2 is 1.59 bits per heavy atom. The van der Waals surface area contributed by atoms with Crippen molar-refractivity contribution >= 4 is 11.9 Å². The molecule has 0 saturated heterocycles. The van der Waals surface area contributed by atoms with E-state index in [2.05, 4.69) is 9.47 Å². The second-order valence-electron chi connectivity index (χ2n) is 3.78. The fourth-order valence-electron chi connectivity index (χ4n) is 1.84.